The van der Waals surface area contributed by atoms with Gasteiger partial charge in [-0.2, -0.15) is 10.1 Å². The van der Waals surface area contributed by atoms with Crippen LogP contribution in [0.2, 0.25) is 5.02 Å². The Morgan fingerprint density at radius 2 is 1.88 bits per heavy atom. The van der Waals surface area contributed by atoms with Crippen LogP contribution in [0.3, 0.4) is 0 Å². The maximum atomic E-state index is 12.4. The van der Waals surface area contributed by atoms with Crippen molar-refractivity contribution in [1.29, 1.82) is 0 Å². The van der Waals surface area contributed by atoms with Gasteiger partial charge in [-0.25, -0.2) is 0 Å². The van der Waals surface area contributed by atoms with Crippen LogP contribution < -0.4 is 4.90 Å². The minimum atomic E-state index is -0.542. The average Bonchev–Trinajstić information content (AvgIpc) is 2.76. The van der Waals surface area contributed by atoms with Crippen LogP contribution in [0.25, 0.3) is 0 Å². The van der Waals surface area contributed by atoms with Crippen LogP contribution in [0.15, 0.2) is 52.6 Å². The van der Waals surface area contributed by atoms with Gasteiger partial charge in [0, 0.05) is 35.8 Å². The molecule has 2 aliphatic heterocycles. The third kappa shape index (κ3) is 4.91. The van der Waals surface area contributed by atoms with E-state index in [2.05, 4.69) is 36.0 Å². The van der Waals surface area contributed by atoms with Gasteiger partial charge >= 0.3 is 5.24 Å². The molecule has 0 saturated heterocycles. The van der Waals surface area contributed by atoms with E-state index in [4.69, 9.17) is 16.6 Å². The fourth-order valence-electron chi connectivity index (χ4n) is 4.28. The van der Waals surface area contributed by atoms with Gasteiger partial charge in [-0.15, -0.1) is 0 Å². The van der Waals surface area contributed by atoms with E-state index in [-0.39, 0.29) is 17.2 Å². The summed E-state index contributed by atoms with van der Waals surface area (Å²) in [5.74, 6) is 0.548. The zero-order valence-electron chi connectivity index (χ0n) is 20.1. The first kappa shape index (κ1) is 24.5. The Bertz CT molecular complexity index is 1190. The van der Waals surface area contributed by atoms with Crippen LogP contribution in [0, 0.1) is 0 Å². The first-order valence-electron chi connectivity index (χ1n) is 11.4. The van der Waals surface area contributed by atoms with Crippen LogP contribution in [0.5, 0.6) is 0 Å². The molecule has 2 aliphatic rings. The molecule has 8 heteroatoms. The summed E-state index contributed by atoms with van der Waals surface area (Å²) in [5.41, 5.74) is 4.99. The monoisotopic (exact) mass is 496 g/mol. The molecule has 0 aliphatic carbocycles. The Hall–Kier alpha value is -2.64. The highest BCUT2D eigenvalue weighted by atomic mass is 35.5. The van der Waals surface area contributed by atoms with E-state index in [9.17, 15) is 9.59 Å². The van der Waals surface area contributed by atoms with E-state index in [1.807, 2.05) is 44.2 Å². The molecule has 0 spiro atoms. The number of amides is 2. The molecule has 34 heavy (non-hydrogen) atoms. The fourth-order valence-corrected chi connectivity index (χ4v) is 5.36. The van der Waals surface area contributed by atoms with Gasteiger partial charge < -0.3 is 4.90 Å². The number of carbonyl (C=O) groups excluding carboxylic acids is 2. The standard InChI is InChI=1S/C26H29ClN4O2S/c1-16(2)28-24(18-8-11-21(27)12-9-18)30-14-6-7-19-15-20(10-13-22(19)30)23-26(4,5)34-25(33)31(29-23)17(3)32/h8-13,15-16H,6-7,14H2,1-5H3. The Labute approximate surface area is 210 Å². The summed E-state index contributed by atoms with van der Waals surface area (Å²) in [4.78, 5) is 31.5. The highest BCUT2D eigenvalue weighted by molar-refractivity contribution is 8.15. The highest BCUT2D eigenvalue weighted by Crippen LogP contribution is 2.38. The van der Waals surface area contributed by atoms with Crippen molar-refractivity contribution in [2.24, 2.45) is 10.1 Å². The van der Waals surface area contributed by atoms with Gasteiger partial charge in [-0.3, -0.25) is 14.6 Å². The van der Waals surface area contributed by atoms with Crippen molar-refractivity contribution >= 4 is 51.7 Å². The third-order valence-electron chi connectivity index (χ3n) is 5.79. The minimum Gasteiger partial charge on any atom is -0.326 e. The van der Waals surface area contributed by atoms with E-state index >= 15 is 0 Å². The number of aryl methyl sites for hydroxylation is 1. The second-order valence-electron chi connectivity index (χ2n) is 9.31. The van der Waals surface area contributed by atoms with Gasteiger partial charge in [0.25, 0.3) is 0 Å². The maximum Gasteiger partial charge on any atom is 0.309 e. The van der Waals surface area contributed by atoms with E-state index in [0.29, 0.717) is 5.02 Å². The average molecular weight is 497 g/mol. The van der Waals surface area contributed by atoms with Crippen molar-refractivity contribution in [2.75, 3.05) is 11.4 Å². The van der Waals surface area contributed by atoms with Gasteiger partial charge in [-0.05, 0) is 99.8 Å². The number of amidine groups is 1. The first-order chi connectivity index (χ1) is 16.1. The summed E-state index contributed by atoms with van der Waals surface area (Å²) in [5, 5.41) is 5.78. The SMILES string of the molecule is CC(=O)N1N=C(c2ccc3c(c2)CCCN3C(=NC(C)C)c2ccc(Cl)cc2)C(C)(C)SC1=O. The summed E-state index contributed by atoms with van der Waals surface area (Å²) in [7, 11) is 0. The van der Waals surface area contributed by atoms with Crippen molar-refractivity contribution < 1.29 is 9.59 Å². The highest BCUT2D eigenvalue weighted by Gasteiger charge is 2.39. The number of hydrazone groups is 1. The van der Waals surface area contributed by atoms with Crippen molar-refractivity contribution in [2.45, 2.75) is 58.2 Å². The molecule has 0 bridgehead atoms. The topological polar surface area (TPSA) is 65.3 Å². The minimum absolute atomic E-state index is 0.139. The Morgan fingerprint density at radius 3 is 2.53 bits per heavy atom. The first-order valence-corrected chi connectivity index (χ1v) is 12.6. The number of rotatable bonds is 3. The summed E-state index contributed by atoms with van der Waals surface area (Å²) in [6, 6.07) is 14.2. The number of aliphatic imine (C=N–C) groups is 1. The van der Waals surface area contributed by atoms with E-state index < -0.39 is 4.75 Å². The maximum absolute atomic E-state index is 12.4. The number of halogens is 1. The Balaban J connectivity index is 1.77. The van der Waals surface area contributed by atoms with Crippen molar-refractivity contribution in [1.82, 2.24) is 5.01 Å². The predicted octanol–water partition coefficient (Wildman–Crippen LogP) is 6.15. The molecule has 2 amide bonds. The molecule has 0 fully saturated rings. The predicted molar refractivity (Wildman–Crippen MR) is 141 cm³/mol. The number of hydrogen-bond acceptors (Lipinski definition) is 5. The lowest BCUT2D eigenvalue weighted by atomic mass is 9.93. The lowest BCUT2D eigenvalue weighted by Gasteiger charge is -2.35. The zero-order chi connectivity index (χ0) is 24.6. The van der Waals surface area contributed by atoms with Gasteiger partial charge in [0.1, 0.15) is 5.84 Å². The van der Waals surface area contributed by atoms with Crippen LogP contribution in [0.1, 0.15) is 57.7 Å². The number of benzene rings is 2. The Kier molecular flexibility index (Phi) is 6.87. The quantitative estimate of drug-likeness (QED) is 0.378. The molecule has 0 unspecified atom stereocenters. The molecular formula is C26H29ClN4O2S. The molecule has 0 radical (unpaired) electrons. The van der Waals surface area contributed by atoms with Crippen LogP contribution in [0.4, 0.5) is 10.5 Å². The van der Waals surface area contributed by atoms with Gasteiger partial charge in [0.15, 0.2) is 0 Å². The zero-order valence-corrected chi connectivity index (χ0v) is 21.7. The molecule has 0 atom stereocenters. The molecule has 6 nitrogen and oxygen atoms in total. The largest absolute Gasteiger partial charge is 0.326 e. The molecule has 2 heterocycles. The van der Waals surface area contributed by atoms with Gasteiger partial charge in [0.05, 0.1) is 10.5 Å². The molecule has 0 saturated carbocycles. The fraction of sp³-hybridized carbons (Fsp3) is 0.385. The number of hydrogen-bond donors (Lipinski definition) is 0. The van der Waals surface area contributed by atoms with Crippen molar-refractivity contribution in [3.63, 3.8) is 0 Å². The van der Waals surface area contributed by atoms with E-state index in [1.165, 1.54) is 12.5 Å². The summed E-state index contributed by atoms with van der Waals surface area (Å²) in [6.45, 7) is 10.3. The van der Waals surface area contributed by atoms with E-state index in [1.54, 1.807) is 0 Å². The van der Waals surface area contributed by atoms with Crippen molar-refractivity contribution in [3.05, 3.63) is 64.2 Å². The molecule has 0 aromatic heterocycles. The number of imide groups is 1. The number of fused-ring (bicyclic) bond motifs is 1. The van der Waals surface area contributed by atoms with Crippen LogP contribution in [-0.4, -0.2) is 45.0 Å². The lowest BCUT2D eigenvalue weighted by molar-refractivity contribution is -0.125. The number of nitrogens with zero attached hydrogens (tertiary/aromatic N) is 4. The molecular weight excluding hydrogens is 468 g/mol. The summed E-state index contributed by atoms with van der Waals surface area (Å²) < 4.78 is -0.542. The normalized spacial score (nSPS) is 18.1. The second-order valence-corrected chi connectivity index (χ2v) is 11.3. The van der Waals surface area contributed by atoms with Crippen molar-refractivity contribution in [3.8, 4) is 0 Å². The van der Waals surface area contributed by atoms with Crippen LogP contribution >= 0.6 is 23.4 Å². The molecule has 178 valence electrons. The number of carbonyl (C=O) groups is 2. The van der Waals surface area contributed by atoms with Gasteiger partial charge in [-0.1, -0.05) is 17.7 Å². The van der Waals surface area contributed by atoms with E-state index in [0.717, 1.165) is 64.5 Å². The van der Waals surface area contributed by atoms with Gasteiger partial charge in [0.2, 0.25) is 5.91 Å². The molecule has 2 aromatic carbocycles. The van der Waals surface area contributed by atoms with Crippen LogP contribution in [-0.2, 0) is 11.2 Å². The number of thioether (sulfide) groups is 1. The smallest absolute Gasteiger partial charge is 0.309 e. The summed E-state index contributed by atoms with van der Waals surface area (Å²) >= 11 is 7.26. The number of anilines is 1. The third-order valence-corrected chi connectivity index (χ3v) is 7.10. The second kappa shape index (κ2) is 9.55. The molecule has 2 aromatic rings. The Morgan fingerprint density at radius 1 is 1.18 bits per heavy atom. The summed E-state index contributed by atoms with van der Waals surface area (Å²) in [6.07, 6.45) is 1.93. The lowest BCUT2D eigenvalue weighted by Crippen LogP contribution is -2.43. The molecule has 4 rings (SSSR count). The molecule has 0 N–H and O–H groups in total.